The summed E-state index contributed by atoms with van der Waals surface area (Å²) < 4.78 is 22.9. The summed E-state index contributed by atoms with van der Waals surface area (Å²) in [7, 11) is -1.28. The van der Waals surface area contributed by atoms with E-state index >= 15 is 0 Å². The molecule has 0 saturated carbocycles. The van der Waals surface area contributed by atoms with Gasteiger partial charge in [-0.2, -0.15) is 11.3 Å². The highest BCUT2D eigenvalue weighted by atomic mass is 32.2. The van der Waals surface area contributed by atoms with Gasteiger partial charge >= 0.3 is 0 Å². The van der Waals surface area contributed by atoms with Gasteiger partial charge in [-0.3, -0.25) is 0 Å². The molecule has 0 unspecified atom stereocenters. The Kier molecular flexibility index (Phi) is 3.82. The molecule has 0 aliphatic carbocycles. The molecule has 0 saturated heterocycles. The molecule has 102 valence electrons. The second-order valence-corrected chi connectivity index (χ2v) is 7.28. The first-order valence-electron chi connectivity index (χ1n) is 5.70. The molecule has 1 aromatic heterocycles. The van der Waals surface area contributed by atoms with Gasteiger partial charge in [-0.05, 0) is 40.6 Å². The van der Waals surface area contributed by atoms with Crippen molar-refractivity contribution >= 4 is 32.5 Å². The van der Waals surface area contributed by atoms with Crippen molar-refractivity contribution in [2.45, 2.75) is 11.4 Å². The largest absolute Gasteiger partial charge is 0.397 e. The van der Waals surface area contributed by atoms with E-state index in [0.717, 1.165) is 12.2 Å². The zero-order valence-corrected chi connectivity index (χ0v) is 12.5. The van der Waals surface area contributed by atoms with E-state index in [1.54, 1.807) is 23.5 Å². The Morgan fingerprint density at radius 2 is 2.05 bits per heavy atom. The van der Waals surface area contributed by atoms with Crippen molar-refractivity contribution in [3.63, 3.8) is 0 Å². The normalized spacial score (nSPS) is 11.5. The molecule has 0 atom stereocenters. The molecule has 2 N–H and O–H groups in total. The van der Waals surface area contributed by atoms with Crippen LogP contribution in [0.5, 0.6) is 0 Å². The topological polar surface area (TPSA) is 63.4 Å². The highest BCUT2D eigenvalue weighted by Gasteiger charge is 2.12. The third-order valence-electron chi connectivity index (χ3n) is 2.84. The third-order valence-corrected chi connectivity index (χ3v) is 4.68. The van der Waals surface area contributed by atoms with Gasteiger partial charge < -0.3 is 10.6 Å². The van der Waals surface area contributed by atoms with E-state index in [9.17, 15) is 8.42 Å². The van der Waals surface area contributed by atoms with E-state index in [0.29, 0.717) is 5.69 Å². The van der Waals surface area contributed by atoms with Crippen LogP contribution in [0.3, 0.4) is 0 Å². The maximum Gasteiger partial charge on any atom is 0.175 e. The fourth-order valence-corrected chi connectivity index (χ4v) is 3.17. The van der Waals surface area contributed by atoms with Crippen LogP contribution in [0.25, 0.3) is 0 Å². The molecule has 0 aliphatic rings. The molecule has 2 rings (SSSR count). The summed E-state index contributed by atoms with van der Waals surface area (Å²) in [4.78, 5) is 2.25. The third kappa shape index (κ3) is 3.27. The average molecular weight is 296 g/mol. The Hall–Kier alpha value is -1.53. The van der Waals surface area contributed by atoms with Gasteiger partial charge in [-0.1, -0.05) is 0 Å². The molecule has 6 heteroatoms. The van der Waals surface area contributed by atoms with Crippen LogP contribution in [-0.4, -0.2) is 21.7 Å². The minimum atomic E-state index is -3.21. The molecule has 19 heavy (non-hydrogen) atoms. The number of thiophene rings is 1. The first kappa shape index (κ1) is 13.9. The maximum absolute atomic E-state index is 11.5. The predicted octanol–water partition coefficient (Wildman–Crippen LogP) is 2.37. The fraction of sp³-hybridized carbons (Fsp3) is 0.231. The molecule has 0 amide bonds. The van der Waals surface area contributed by atoms with Crippen LogP contribution in [0.2, 0.25) is 0 Å². The molecule has 4 nitrogen and oxygen atoms in total. The van der Waals surface area contributed by atoms with Crippen LogP contribution in [0.4, 0.5) is 11.4 Å². The Labute approximate surface area is 117 Å². The van der Waals surface area contributed by atoms with Gasteiger partial charge in [-0.15, -0.1) is 0 Å². The molecule has 0 fully saturated rings. The quantitative estimate of drug-likeness (QED) is 0.880. The lowest BCUT2D eigenvalue weighted by Gasteiger charge is -2.21. The SMILES string of the molecule is CN(Cc1ccsc1)c1ccc(S(C)(=O)=O)cc1N. The monoisotopic (exact) mass is 296 g/mol. The standard InChI is InChI=1S/C13H16N2O2S2/c1-15(8-10-5-6-18-9-10)13-4-3-11(7-12(13)14)19(2,16)17/h3-7,9H,8,14H2,1-2H3. The Balaban J connectivity index is 2.26. The summed E-state index contributed by atoms with van der Waals surface area (Å²) in [6, 6.07) is 6.90. The van der Waals surface area contributed by atoms with Crippen molar-refractivity contribution in [2.75, 3.05) is 23.9 Å². The Bertz CT molecular complexity index is 664. The molecule has 1 heterocycles. The minimum absolute atomic E-state index is 0.248. The van der Waals surface area contributed by atoms with E-state index < -0.39 is 9.84 Å². The lowest BCUT2D eigenvalue weighted by Crippen LogP contribution is -2.17. The van der Waals surface area contributed by atoms with Gasteiger partial charge in [0.25, 0.3) is 0 Å². The molecule has 0 aliphatic heterocycles. The van der Waals surface area contributed by atoms with Crippen LogP contribution >= 0.6 is 11.3 Å². The lowest BCUT2D eigenvalue weighted by atomic mass is 10.2. The first-order valence-corrected chi connectivity index (χ1v) is 8.53. The smallest absolute Gasteiger partial charge is 0.175 e. The van der Waals surface area contributed by atoms with Crippen LogP contribution in [0.1, 0.15) is 5.56 Å². The van der Waals surface area contributed by atoms with Gasteiger partial charge in [0.15, 0.2) is 9.84 Å². The first-order chi connectivity index (χ1) is 8.88. The molecule has 2 aromatic rings. The van der Waals surface area contributed by atoms with Crippen molar-refractivity contribution in [3.8, 4) is 0 Å². The summed E-state index contributed by atoms with van der Waals surface area (Å²) in [6.07, 6.45) is 1.18. The maximum atomic E-state index is 11.5. The molecular formula is C13H16N2O2S2. The van der Waals surface area contributed by atoms with Gasteiger partial charge in [0.1, 0.15) is 0 Å². The van der Waals surface area contributed by atoms with Gasteiger partial charge in [0.2, 0.25) is 0 Å². The molecule has 1 aromatic carbocycles. The van der Waals surface area contributed by atoms with E-state index in [2.05, 4.69) is 11.4 Å². The number of nitrogens with zero attached hydrogens (tertiary/aromatic N) is 1. The zero-order valence-electron chi connectivity index (χ0n) is 10.8. The number of hydrogen-bond acceptors (Lipinski definition) is 5. The second-order valence-electron chi connectivity index (χ2n) is 4.48. The van der Waals surface area contributed by atoms with Crippen LogP contribution in [-0.2, 0) is 16.4 Å². The van der Waals surface area contributed by atoms with Gasteiger partial charge in [-0.25, -0.2) is 8.42 Å². The Morgan fingerprint density at radius 1 is 1.32 bits per heavy atom. The van der Waals surface area contributed by atoms with E-state index in [-0.39, 0.29) is 4.90 Å². The number of nitrogen functional groups attached to an aromatic ring is 1. The average Bonchev–Trinajstić information content (AvgIpc) is 2.80. The number of rotatable bonds is 4. The van der Waals surface area contributed by atoms with E-state index in [4.69, 9.17) is 5.73 Å². The molecule has 0 radical (unpaired) electrons. The number of sulfone groups is 1. The summed E-state index contributed by atoms with van der Waals surface area (Å²) in [6.45, 7) is 0.742. The zero-order chi connectivity index (χ0) is 14.0. The summed E-state index contributed by atoms with van der Waals surface area (Å²) in [5.41, 5.74) is 8.46. The summed E-state index contributed by atoms with van der Waals surface area (Å²) in [5.74, 6) is 0. The van der Waals surface area contributed by atoms with E-state index in [1.165, 1.54) is 17.9 Å². The van der Waals surface area contributed by atoms with Crippen molar-refractivity contribution in [1.82, 2.24) is 0 Å². The number of benzene rings is 1. The van der Waals surface area contributed by atoms with Gasteiger partial charge in [0.05, 0.1) is 16.3 Å². The molecule has 0 bridgehead atoms. The van der Waals surface area contributed by atoms with Crippen molar-refractivity contribution in [1.29, 1.82) is 0 Å². The summed E-state index contributed by atoms with van der Waals surface area (Å²) in [5, 5.41) is 4.11. The highest BCUT2D eigenvalue weighted by Crippen LogP contribution is 2.26. The minimum Gasteiger partial charge on any atom is -0.397 e. The fourth-order valence-electron chi connectivity index (χ4n) is 1.85. The molecule has 0 spiro atoms. The number of nitrogens with two attached hydrogens (primary N) is 1. The highest BCUT2D eigenvalue weighted by molar-refractivity contribution is 7.90. The summed E-state index contributed by atoms with van der Waals surface area (Å²) >= 11 is 1.65. The van der Waals surface area contributed by atoms with Crippen molar-refractivity contribution in [2.24, 2.45) is 0 Å². The van der Waals surface area contributed by atoms with Gasteiger partial charge in [0, 0.05) is 19.8 Å². The van der Waals surface area contributed by atoms with Crippen molar-refractivity contribution in [3.05, 3.63) is 40.6 Å². The number of anilines is 2. The van der Waals surface area contributed by atoms with E-state index in [1.807, 2.05) is 17.3 Å². The number of hydrogen-bond donors (Lipinski definition) is 1. The van der Waals surface area contributed by atoms with Crippen molar-refractivity contribution < 1.29 is 8.42 Å². The predicted molar refractivity (Wildman–Crippen MR) is 80.4 cm³/mol. The lowest BCUT2D eigenvalue weighted by molar-refractivity contribution is 0.602. The van der Waals surface area contributed by atoms with Crippen LogP contribution in [0, 0.1) is 0 Å². The second kappa shape index (κ2) is 5.22. The molecular weight excluding hydrogens is 280 g/mol. The van der Waals surface area contributed by atoms with Crippen LogP contribution in [0.15, 0.2) is 39.9 Å². The van der Waals surface area contributed by atoms with Crippen LogP contribution < -0.4 is 10.6 Å². The Morgan fingerprint density at radius 3 is 2.58 bits per heavy atom.